The number of amides is 3. The van der Waals surface area contributed by atoms with Crippen LogP contribution in [0.1, 0.15) is 49.2 Å². The predicted molar refractivity (Wildman–Crippen MR) is 173 cm³/mol. The first-order valence-electron chi connectivity index (χ1n) is 15.4. The van der Waals surface area contributed by atoms with Crippen LogP contribution in [0.4, 0.5) is 0 Å². The molecule has 5 rings (SSSR count). The zero-order valence-electron chi connectivity index (χ0n) is 27.2. The molecule has 0 aliphatic carbocycles. The number of hydrogen-bond acceptors (Lipinski definition) is 6. The normalized spacial score (nSPS) is 17.7. The standard InChI is InChI=1S/C36H39N5O5.HI/c1-24(2)31-35(45)40(29(26-14-10-7-11-15-26)21-41(31)34(44)27-16-18-39(5)19-17-27)22-30(42)37-28(20-25-12-8-6-9-13-25)32(43)33-38-36(3,4)23-46-33;/h6-19,21,24,28,31H,20,22-23H2,1-5H3;1H/t28-,31+;/m0./s1. The van der Waals surface area contributed by atoms with E-state index in [1.165, 1.54) is 9.80 Å². The maximum absolute atomic E-state index is 14.3. The van der Waals surface area contributed by atoms with Crippen molar-refractivity contribution in [2.45, 2.75) is 51.7 Å². The van der Waals surface area contributed by atoms with Crippen LogP contribution in [-0.2, 0) is 32.6 Å². The van der Waals surface area contributed by atoms with Crippen LogP contribution in [-0.4, -0.2) is 70.0 Å². The summed E-state index contributed by atoms with van der Waals surface area (Å²) >= 11 is 0. The van der Waals surface area contributed by atoms with Crippen molar-refractivity contribution >= 4 is 35.1 Å². The van der Waals surface area contributed by atoms with E-state index < -0.39 is 35.2 Å². The molecule has 0 saturated carbocycles. The summed E-state index contributed by atoms with van der Waals surface area (Å²) in [6.07, 6.45) is 5.42. The van der Waals surface area contributed by atoms with Crippen LogP contribution in [0.25, 0.3) is 5.70 Å². The number of ether oxygens (including phenoxy) is 1. The highest BCUT2D eigenvalue weighted by molar-refractivity contribution is 6.39. The molecular formula is C36H40IN5O5. The fourth-order valence-electron chi connectivity index (χ4n) is 5.57. The van der Waals surface area contributed by atoms with Crippen LogP contribution in [0.3, 0.4) is 0 Å². The molecule has 0 spiro atoms. The van der Waals surface area contributed by atoms with Gasteiger partial charge in [-0.15, -0.1) is 0 Å². The Morgan fingerprint density at radius 1 is 1.00 bits per heavy atom. The zero-order valence-corrected chi connectivity index (χ0v) is 29.4. The van der Waals surface area contributed by atoms with Crippen molar-refractivity contribution in [3.8, 4) is 0 Å². The number of nitrogens with one attached hydrogen (secondary N) is 1. The molecule has 0 radical (unpaired) electrons. The second-order valence-electron chi connectivity index (χ2n) is 12.7. The van der Waals surface area contributed by atoms with E-state index in [4.69, 9.17) is 4.74 Å². The molecule has 1 aromatic heterocycles. The Morgan fingerprint density at radius 2 is 1.62 bits per heavy atom. The van der Waals surface area contributed by atoms with E-state index in [2.05, 4.69) is 10.3 Å². The summed E-state index contributed by atoms with van der Waals surface area (Å²) in [5, 5.41) is 2.87. The lowest BCUT2D eigenvalue weighted by atomic mass is 9.96. The number of aryl methyl sites for hydroxylation is 1. The van der Waals surface area contributed by atoms with Crippen molar-refractivity contribution < 1.29 is 52.5 Å². The minimum Gasteiger partial charge on any atom is -1.00 e. The Bertz CT molecular complexity index is 1670. The monoisotopic (exact) mass is 749 g/mol. The van der Waals surface area contributed by atoms with Crippen LogP contribution in [0.2, 0.25) is 0 Å². The SMILES string of the molecule is CC(C)[C@@H]1C(=O)N(CC(=O)N[C@@H](Cc2ccccc2)C(=O)C2=NC(C)(C)CO2)C(c2ccccc2)=CN1C(=O)c1cc[n+](C)cc1.[I-]. The number of aromatic nitrogens is 1. The quantitative estimate of drug-likeness (QED) is 0.238. The highest BCUT2D eigenvalue weighted by atomic mass is 127. The first kappa shape index (κ1) is 35.5. The molecule has 10 nitrogen and oxygen atoms in total. The topological polar surface area (TPSA) is 112 Å². The number of aliphatic imine (C=N–C) groups is 1. The summed E-state index contributed by atoms with van der Waals surface area (Å²) < 4.78 is 7.45. The summed E-state index contributed by atoms with van der Waals surface area (Å²) in [6, 6.07) is 20.1. The van der Waals surface area contributed by atoms with Gasteiger partial charge < -0.3 is 38.9 Å². The second-order valence-corrected chi connectivity index (χ2v) is 12.7. The van der Waals surface area contributed by atoms with Crippen LogP contribution in [0.15, 0.2) is 96.4 Å². The van der Waals surface area contributed by atoms with Crippen molar-refractivity contribution in [2.75, 3.05) is 13.2 Å². The Morgan fingerprint density at radius 3 is 2.19 bits per heavy atom. The van der Waals surface area contributed by atoms with Gasteiger partial charge in [0.05, 0.1) is 16.8 Å². The van der Waals surface area contributed by atoms with Gasteiger partial charge in [-0.2, -0.15) is 0 Å². The Kier molecular flexibility index (Phi) is 11.3. The predicted octanol–water partition coefficient (Wildman–Crippen LogP) is 0.327. The summed E-state index contributed by atoms with van der Waals surface area (Å²) in [6.45, 7) is 7.38. The molecule has 246 valence electrons. The first-order valence-corrected chi connectivity index (χ1v) is 15.4. The van der Waals surface area contributed by atoms with Gasteiger partial charge in [-0.25, -0.2) is 9.56 Å². The summed E-state index contributed by atoms with van der Waals surface area (Å²) in [4.78, 5) is 62.8. The lowest BCUT2D eigenvalue weighted by Gasteiger charge is -2.41. The van der Waals surface area contributed by atoms with E-state index in [0.29, 0.717) is 16.8 Å². The summed E-state index contributed by atoms with van der Waals surface area (Å²) in [7, 11) is 1.86. The average Bonchev–Trinajstić information content (AvgIpc) is 3.41. The maximum atomic E-state index is 14.3. The lowest BCUT2D eigenvalue weighted by Crippen LogP contribution is -3.00. The van der Waals surface area contributed by atoms with Crippen molar-refractivity contribution in [1.29, 1.82) is 0 Å². The Labute approximate surface area is 292 Å². The molecule has 0 bridgehead atoms. The Balaban J connectivity index is 0.00000500. The number of halogens is 1. The number of carbonyl (C=O) groups excluding carboxylic acids is 4. The van der Waals surface area contributed by atoms with E-state index in [1.807, 2.05) is 100.0 Å². The highest BCUT2D eigenvalue weighted by Crippen LogP contribution is 2.31. The number of ketones is 1. The number of benzene rings is 2. The fraction of sp³-hybridized carbons (Fsp3) is 0.333. The number of rotatable bonds is 10. The van der Waals surface area contributed by atoms with Gasteiger partial charge in [0.2, 0.25) is 11.7 Å². The van der Waals surface area contributed by atoms with Crippen molar-refractivity contribution in [1.82, 2.24) is 15.1 Å². The lowest BCUT2D eigenvalue weighted by molar-refractivity contribution is -0.671. The van der Waals surface area contributed by atoms with E-state index in [0.717, 1.165) is 5.56 Å². The summed E-state index contributed by atoms with van der Waals surface area (Å²) in [5.74, 6) is -1.95. The molecular weight excluding hydrogens is 709 g/mol. The van der Waals surface area contributed by atoms with E-state index in [9.17, 15) is 19.2 Å². The molecule has 11 heteroatoms. The maximum Gasteiger partial charge on any atom is 0.259 e. The molecule has 2 atom stereocenters. The van der Waals surface area contributed by atoms with Gasteiger partial charge in [-0.05, 0) is 30.9 Å². The average molecular weight is 750 g/mol. The van der Waals surface area contributed by atoms with E-state index in [-0.39, 0.29) is 61.3 Å². The van der Waals surface area contributed by atoms with Gasteiger partial charge in [-0.1, -0.05) is 74.5 Å². The number of nitrogens with zero attached hydrogens (tertiary/aromatic N) is 4. The molecule has 0 fully saturated rings. The first-order chi connectivity index (χ1) is 21.9. The minimum atomic E-state index is -0.968. The third kappa shape index (κ3) is 8.31. The molecule has 2 aliphatic heterocycles. The largest absolute Gasteiger partial charge is 1.00 e. The third-order valence-corrected chi connectivity index (χ3v) is 7.95. The number of hydrogen-bond donors (Lipinski definition) is 1. The molecule has 2 aromatic carbocycles. The van der Waals surface area contributed by atoms with Gasteiger partial charge in [0, 0.05) is 24.8 Å². The van der Waals surface area contributed by atoms with Gasteiger partial charge in [0.15, 0.2) is 12.4 Å². The summed E-state index contributed by atoms with van der Waals surface area (Å²) in [5.41, 5.74) is 1.81. The second kappa shape index (κ2) is 15.0. The highest BCUT2D eigenvalue weighted by Gasteiger charge is 2.42. The smallest absolute Gasteiger partial charge is 0.259 e. The molecule has 3 amide bonds. The van der Waals surface area contributed by atoms with Crippen molar-refractivity contribution in [3.63, 3.8) is 0 Å². The molecule has 0 saturated heterocycles. The molecule has 0 unspecified atom stereocenters. The fourth-order valence-corrected chi connectivity index (χ4v) is 5.57. The van der Waals surface area contributed by atoms with Crippen LogP contribution in [0.5, 0.6) is 0 Å². The molecule has 3 aromatic rings. The van der Waals surface area contributed by atoms with Gasteiger partial charge in [0.25, 0.3) is 17.7 Å². The van der Waals surface area contributed by atoms with Gasteiger partial charge in [0.1, 0.15) is 32.3 Å². The molecule has 1 N–H and O–H groups in total. The molecule has 2 aliphatic rings. The van der Waals surface area contributed by atoms with E-state index >= 15 is 0 Å². The zero-order chi connectivity index (χ0) is 33.0. The van der Waals surface area contributed by atoms with Gasteiger partial charge in [-0.3, -0.25) is 24.1 Å². The number of carbonyl (C=O) groups is 4. The van der Waals surface area contributed by atoms with E-state index in [1.54, 1.807) is 30.7 Å². The van der Waals surface area contributed by atoms with Gasteiger partial charge >= 0.3 is 0 Å². The van der Waals surface area contributed by atoms with Crippen molar-refractivity contribution in [3.05, 3.63) is 108 Å². The number of pyridine rings is 1. The van der Waals surface area contributed by atoms with Crippen molar-refractivity contribution in [2.24, 2.45) is 18.0 Å². The van der Waals surface area contributed by atoms with Crippen LogP contribution >= 0.6 is 0 Å². The molecule has 47 heavy (non-hydrogen) atoms. The third-order valence-electron chi connectivity index (χ3n) is 7.95. The Hall–Kier alpha value is -4.39. The minimum absolute atomic E-state index is 0. The van der Waals surface area contributed by atoms with Crippen LogP contribution in [0, 0.1) is 5.92 Å². The van der Waals surface area contributed by atoms with Crippen LogP contribution < -0.4 is 33.9 Å². The number of Topliss-reactive ketones (excluding diaryl/α,β-unsaturated/α-hetero) is 1. The molecule has 3 heterocycles.